The lowest BCUT2D eigenvalue weighted by Crippen LogP contribution is -2.57. The standard InChI is InChI=1S/C23H26ClN3O3/c24-20-7-2-1-6-19(20)23(8-15-30-16-9-23)22(29)27-13-11-26(12-14-27)21(28)17-18-5-3-4-10-25-18/h1-7,10H,8-9,11-17H2. The maximum absolute atomic E-state index is 13.7. The van der Waals surface area contributed by atoms with Crippen molar-refractivity contribution in [2.75, 3.05) is 39.4 Å². The normalized spacial score (nSPS) is 18.8. The van der Waals surface area contributed by atoms with Crippen molar-refractivity contribution in [3.8, 4) is 0 Å². The minimum absolute atomic E-state index is 0.0488. The van der Waals surface area contributed by atoms with Gasteiger partial charge < -0.3 is 14.5 Å². The van der Waals surface area contributed by atoms with E-state index in [1.807, 2.05) is 52.3 Å². The van der Waals surface area contributed by atoms with Gasteiger partial charge in [-0.25, -0.2) is 0 Å². The minimum atomic E-state index is -0.656. The molecule has 2 fully saturated rings. The second kappa shape index (κ2) is 9.14. The summed E-state index contributed by atoms with van der Waals surface area (Å²) in [6.07, 6.45) is 3.22. The van der Waals surface area contributed by atoms with Crippen LogP contribution in [0.25, 0.3) is 0 Å². The molecule has 0 aliphatic carbocycles. The van der Waals surface area contributed by atoms with Crippen LogP contribution in [0.5, 0.6) is 0 Å². The van der Waals surface area contributed by atoms with Gasteiger partial charge in [-0.15, -0.1) is 0 Å². The summed E-state index contributed by atoms with van der Waals surface area (Å²) in [5.41, 5.74) is 0.992. The SMILES string of the molecule is O=C(Cc1ccccn1)N1CCN(C(=O)C2(c3ccccc3Cl)CCOCC2)CC1. The third-order valence-corrected chi connectivity index (χ3v) is 6.45. The van der Waals surface area contributed by atoms with Crippen LogP contribution in [0.3, 0.4) is 0 Å². The number of halogens is 1. The molecule has 158 valence electrons. The Morgan fingerprint density at radius 3 is 2.30 bits per heavy atom. The molecule has 0 unspecified atom stereocenters. The van der Waals surface area contributed by atoms with Gasteiger partial charge in [0, 0.05) is 56.3 Å². The summed E-state index contributed by atoms with van der Waals surface area (Å²) in [6.45, 7) is 3.21. The molecule has 0 spiro atoms. The van der Waals surface area contributed by atoms with Crippen molar-refractivity contribution in [2.24, 2.45) is 0 Å². The van der Waals surface area contributed by atoms with E-state index >= 15 is 0 Å². The summed E-state index contributed by atoms with van der Waals surface area (Å²) in [6, 6.07) is 13.2. The Bertz CT molecular complexity index is 892. The first kappa shape index (κ1) is 20.8. The second-order valence-corrected chi connectivity index (χ2v) is 8.25. The Labute approximate surface area is 181 Å². The van der Waals surface area contributed by atoms with Crippen LogP contribution >= 0.6 is 11.6 Å². The zero-order chi connectivity index (χ0) is 21.0. The summed E-state index contributed by atoms with van der Waals surface area (Å²) in [5.74, 6) is 0.142. The zero-order valence-electron chi connectivity index (χ0n) is 16.9. The number of amides is 2. The lowest BCUT2D eigenvalue weighted by molar-refractivity contribution is -0.146. The summed E-state index contributed by atoms with van der Waals surface area (Å²) < 4.78 is 5.56. The predicted octanol–water partition coefficient (Wildman–Crippen LogP) is 2.70. The Hall–Kier alpha value is -2.44. The number of carbonyl (C=O) groups excluding carboxylic acids is 2. The van der Waals surface area contributed by atoms with E-state index in [0.29, 0.717) is 57.3 Å². The zero-order valence-corrected chi connectivity index (χ0v) is 17.7. The Morgan fingerprint density at radius 1 is 0.967 bits per heavy atom. The number of carbonyl (C=O) groups is 2. The number of ether oxygens (including phenoxy) is 1. The topological polar surface area (TPSA) is 62.7 Å². The van der Waals surface area contributed by atoms with Crippen LogP contribution in [0.2, 0.25) is 5.02 Å². The Balaban J connectivity index is 1.45. The van der Waals surface area contributed by atoms with Gasteiger partial charge in [0.1, 0.15) is 0 Å². The highest BCUT2D eigenvalue weighted by molar-refractivity contribution is 6.31. The van der Waals surface area contributed by atoms with Crippen molar-refractivity contribution in [1.82, 2.24) is 14.8 Å². The van der Waals surface area contributed by atoms with E-state index in [9.17, 15) is 9.59 Å². The number of piperazine rings is 1. The molecular weight excluding hydrogens is 402 g/mol. The Kier molecular flexibility index (Phi) is 6.35. The van der Waals surface area contributed by atoms with Gasteiger partial charge in [-0.05, 0) is 36.6 Å². The number of hydrogen-bond donors (Lipinski definition) is 0. The molecule has 1 aromatic carbocycles. The quantitative estimate of drug-likeness (QED) is 0.752. The molecule has 2 aliphatic rings. The first-order valence-electron chi connectivity index (χ1n) is 10.4. The average Bonchev–Trinajstić information content (AvgIpc) is 2.80. The third-order valence-electron chi connectivity index (χ3n) is 6.12. The van der Waals surface area contributed by atoms with Gasteiger partial charge in [-0.3, -0.25) is 14.6 Å². The molecule has 1 aromatic heterocycles. The highest BCUT2D eigenvalue weighted by Gasteiger charge is 2.45. The lowest BCUT2D eigenvalue weighted by Gasteiger charge is -2.43. The van der Waals surface area contributed by atoms with E-state index in [0.717, 1.165) is 11.3 Å². The monoisotopic (exact) mass is 427 g/mol. The van der Waals surface area contributed by atoms with Crippen LogP contribution in [0.15, 0.2) is 48.7 Å². The molecule has 0 radical (unpaired) electrons. The summed E-state index contributed by atoms with van der Waals surface area (Å²) >= 11 is 6.50. The molecular formula is C23H26ClN3O3. The van der Waals surface area contributed by atoms with Crippen LogP contribution in [0.1, 0.15) is 24.1 Å². The maximum Gasteiger partial charge on any atom is 0.233 e. The number of aromatic nitrogens is 1. The summed E-state index contributed by atoms with van der Waals surface area (Å²) in [5, 5.41) is 0.622. The third kappa shape index (κ3) is 4.20. The van der Waals surface area contributed by atoms with Crippen molar-refractivity contribution >= 4 is 23.4 Å². The highest BCUT2D eigenvalue weighted by atomic mass is 35.5. The van der Waals surface area contributed by atoms with Crippen LogP contribution in [-0.4, -0.2) is 66.0 Å². The van der Waals surface area contributed by atoms with E-state index in [2.05, 4.69) is 4.98 Å². The summed E-state index contributed by atoms with van der Waals surface area (Å²) in [7, 11) is 0. The molecule has 3 heterocycles. The Morgan fingerprint density at radius 2 is 1.63 bits per heavy atom. The number of benzene rings is 1. The van der Waals surface area contributed by atoms with Crippen LogP contribution in [-0.2, 0) is 26.2 Å². The lowest BCUT2D eigenvalue weighted by atomic mass is 9.72. The molecule has 6 nitrogen and oxygen atoms in total. The van der Waals surface area contributed by atoms with E-state index < -0.39 is 5.41 Å². The largest absolute Gasteiger partial charge is 0.381 e. The number of pyridine rings is 1. The molecule has 2 aliphatic heterocycles. The van der Waals surface area contributed by atoms with E-state index in [-0.39, 0.29) is 18.2 Å². The van der Waals surface area contributed by atoms with Gasteiger partial charge in [0.15, 0.2) is 0 Å². The van der Waals surface area contributed by atoms with Gasteiger partial charge in [-0.1, -0.05) is 35.9 Å². The predicted molar refractivity (Wildman–Crippen MR) is 114 cm³/mol. The highest BCUT2D eigenvalue weighted by Crippen LogP contribution is 2.40. The van der Waals surface area contributed by atoms with E-state index in [4.69, 9.17) is 16.3 Å². The smallest absolute Gasteiger partial charge is 0.233 e. The summed E-state index contributed by atoms with van der Waals surface area (Å²) in [4.78, 5) is 34.3. The molecule has 0 saturated carbocycles. The van der Waals surface area contributed by atoms with Crippen LogP contribution in [0.4, 0.5) is 0 Å². The molecule has 2 saturated heterocycles. The van der Waals surface area contributed by atoms with Crippen LogP contribution in [0, 0.1) is 0 Å². The second-order valence-electron chi connectivity index (χ2n) is 7.85. The fourth-order valence-corrected chi connectivity index (χ4v) is 4.72. The van der Waals surface area contributed by atoms with Gasteiger partial charge in [0.25, 0.3) is 0 Å². The fourth-order valence-electron chi connectivity index (χ4n) is 4.40. The minimum Gasteiger partial charge on any atom is -0.381 e. The van der Waals surface area contributed by atoms with Crippen molar-refractivity contribution in [3.05, 3.63) is 64.9 Å². The van der Waals surface area contributed by atoms with Gasteiger partial charge in [-0.2, -0.15) is 0 Å². The van der Waals surface area contributed by atoms with Crippen molar-refractivity contribution in [3.63, 3.8) is 0 Å². The van der Waals surface area contributed by atoms with E-state index in [1.165, 1.54) is 0 Å². The molecule has 7 heteroatoms. The molecule has 2 aromatic rings. The maximum atomic E-state index is 13.7. The first-order chi connectivity index (χ1) is 14.6. The molecule has 4 rings (SSSR count). The molecule has 0 N–H and O–H groups in total. The number of hydrogen-bond acceptors (Lipinski definition) is 4. The molecule has 30 heavy (non-hydrogen) atoms. The van der Waals surface area contributed by atoms with Crippen molar-refractivity contribution in [2.45, 2.75) is 24.7 Å². The van der Waals surface area contributed by atoms with Crippen molar-refractivity contribution in [1.29, 1.82) is 0 Å². The molecule has 0 atom stereocenters. The van der Waals surface area contributed by atoms with E-state index in [1.54, 1.807) is 6.20 Å². The average molecular weight is 428 g/mol. The van der Waals surface area contributed by atoms with Crippen molar-refractivity contribution < 1.29 is 14.3 Å². The molecule has 2 amide bonds. The molecule has 0 bridgehead atoms. The number of rotatable bonds is 4. The number of nitrogens with zero attached hydrogens (tertiary/aromatic N) is 3. The van der Waals surface area contributed by atoms with Gasteiger partial charge in [0.2, 0.25) is 11.8 Å². The fraction of sp³-hybridized carbons (Fsp3) is 0.435. The first-order valence-corrected chi connectivity index (χ1v) is 10.8. The van der Waals surface area contributed by atoms with Gasteiger partial charge in [0.05, 0.1) is 11.8 Å². The van der Waals surface area contributed by atoms with Gasteiger partial charge >= 0.3 is 0 Å². The van der Waals surface area contributed by atoms with Crippen LogP contribution < -0.4 is 0 Å².